The minimum Gasteiger partial charge on any atom is -0.497 e. The smallest absolute Gasteiger partial charge is 0.409 e. The Bertz CT molecular complexity index is 1730. The van der Waals surface area contributed by atoms with Gasteiger partial charge in [0.05, 0.1) is 69.4 Å². The van der Waals surface area contributed by atoms with Crippen molar-refractivity contribution < 1.29 is 67.0 Å². The van der Waals surface area contributed by atoms with Crippen LogP contribution in [-0.4, -0.2) is 95.9 Å². The van der Waals surface area contributed by atoms with E-state index < -0.39 is 24.8 Å². The predicted octanol–water partition coefficient (Wildman–Crippen LogP) is 7.67. The zero-order valence-electron chi connectivity index (χ0n) is 39.0. The maximum absolute atomic E-state index is 12.0. The van der Waals surface area contributed by atoms with Crippen molar-refractivity contribution in [1.82, 2.24) is 10.6 Å². The fraction of sp³-hybridized carbons (Fsp3) is 0.688. The molecule has 0 radical (unpaired) electrons. The minimum absolute atomic E-state index is 0.000642. The molecule has 2 amide bonds. The summed E-state index contributed by atoms with van der Waals surface area (Å²) in [4.78, 5) is 58.8. The predicted molar refractivity (Wildman–Crippen MR) is 235 cm³/mol. The first-order valence-electron chi connectivity index (χ1n) is 23.0. The summed E-state index contributed by atoms with van der Waals surface area (Å²) in [7, 11) is 7.14. The number of allylic oxidation sites excluding steroid dienone is 2. The van der Waals surface area contributed by atoms with Crippen LogP contribution in [0.5, 0.6) is 0 Å². The highest BCUT2D eigenvalue weighted by Crippen LogP contribution is 2.49. The lowest BCUT2D eigenvalue weighted by Gasteiger charge is -2.35. The molecule has 1 saturated carbocycles. The van der Waals surface area contributed by atoms with Crippen molar-refractivity contribution in [1.29, 1.82) is 0 Å². The van der Waals surface area contributed by atoms with Gasteiger partial charge in [0.2, 0.25) is 6.29 Å². The molecule has 0 spiro atoms. The van der Waals surface area contributed by atoms with Crippen molar-refractivity contribution in [2.24, 2.45) is 41.4 Å². The average Bonchev–Trinajstić information content (AvgIpc) is 4.07. The Morgan fingerprint density at radius 3 is 1.69 bits per heavy atom. The second kappa shape index (κ2) is 26.1. The van der Waals surface area contributed by atoms with Crippen LogP contribution in [0.3, 0.4) is 0 Å². The van der Waals surface area contributed by atoms with Gasteiger partial charge in [0.15, 0.2) is 0 Å². The summed E-state index contributed by atoms with van der Waals surface area (Å²) in [5.41, 5.74) is 3.83. The number of nitrogens with one attached hydrogen (secondary N) is 2. The lowest BCUT2D eigenvalue weighted by atomic mass is 9.81. The van der Waals surface area contributed by atoms with Crippen molar-refractivity contribution >= 4 is 30.1 Å². The summed E-state index contributed by atoms with van der Waals surface area (Å²) in [6, 6.07) is 0. The van der Waals surface area contributed by atoms with Crippen LogP contribution in [0.2, 0.25) is 0 Å². The zero-order chi connectivity index (χ0) is 46.8. The van der Waals surface area contributed by atoms with Crippen LogP contribution >= 0.6 is 0 Å². The van der Waals surface area contributed by atoms with Crippen LogP contribution in [0.15, 0.2) is 58.8 Å². The Balaban J connectivity index is 0.000000215. The number of rotatable bonds is 16. The first kappa shape index (κ1) is 51.6. The molecule has 1 fully saturated rings. The fourth-order valence-electron chi connectivity index (χ4n) is 9.99. The third-order valence-corrected chi connectivity index (χ3v) is 13.3. The molecule has 3 N–H and O–H groups in total. The van der Waals surface area contributed by atoms with Gasteiger partial charge >= 0.3 is 30.1 Å². The summed E-state index contributed by atoms with van der Waals surface area (Å²) in [6.45, 7) is 6.36. The van der Waals surface area contributed by atoms with Gasteiger partial charge in [-0.05, 0) is 63.4 Å². The van der Waals surface area contributed by atoms with Crippen LogP contribution in [0.1, 0.15) is 111 Å². The highest BCUT2D eigenvalue weighted by atomic mass is 16.7. The van der Waals surface area contributed by atoms with Gasteiger partial charge in [-0.15, -0.1) is 0 Å². The number of amides is 2. The number of ether oxygens (including phenoxy) is 8. The van der Waals surface area contributed by atoms with E-state index in [1.54, 1.807) is 0 Å². The van der Waals surface area contributed by atoms with E-state index in [4.69, 9.17) is 37.9 Å². The van der Waals surface area contributed by atoms with E-state index in [0.29, 0.717) is 22.6 Å². The molecular formula is C48H72N2O14. The van der Waals surface area contributed by atoms with Crippen molar-refractivity contribution in [2.75, 3.05) is 42.0 Å². The molecule has 10 atom stereocenters. The van der Waals surface area contributed by atoms with Gasteiger partial charge in [-0.3, -0.25) is 0 Å². The number of carbonyl (C=O) groups excluding carboxylic acids is 5. The molecule has 0 bridgehead atoms. The van der Waals surface area contributed by atoms with E-state index in [9.17, 15) is 29.1 Å². The van der Waals surface area contributed by atoms with Gasteiger partial charge < -0.3 is 53.6 Å². The molecule has 64 heavy (non-hydrogen) atoms. The number of aliphatic hydroxyl groups excluding tert-OH is 1. The number of hydrogen-bond acceptors (Lipinski definition) is 14. The van der Waals surface area contributed by atoms with Gasteiger partial charge in [0, 0.05) is 43.7 Å². The van der Waals surface area contributed by atoms with Crippen molar-refractivity contribution in [3.8, 4) is 0 Å². The van der Waals surface area contributed by atoms with Crippen LogP contribution < -0.4 is 10.6 Å². The van der Waals surface area contributed by atoms with Crippen molar-refractivity contribution in [3.05, 3.63) is 58.8 Å². The van der Waals surface area contributed by atoms with E-state index in [-0.39, 0.29) is 66.1 Å². The summed E-state index contributed by atoms with van der Waals surface area (Å²) < 4.78 is 41.9. The standard InChI is InChI=1S/C18H29NO5.C18H27NO5.C12H16O4/c2*1-4-5-6-7-8-12-9-10-13-14(16(20)22-3)11-23-17(15(12)13)24-18(21)19-2;1-7-11-8(5-13)3-4-9(11)10(6-16-7)12(14)15-2/h11-13,15,17H,4-10H2,1-3H3,(H,19,21);9,11,13,15,17H,4-8,10H2,1-3H3,(H,19,21);3,6-7,9,11,13H,4-5H2,1-2H3. The maximum Gasteiger partial charge on any atom is 0.409 e. The second-order valence-electron chi connectivity index (χ2n) is 17.0. The first-order valence-corrected chi connectivity index (χ1v) is 23.0. The minimum atomic E-state index is -0.705. The Kier molecular flexibility index (Phi) is 21.1. The fourth-order valence-corrected chi connectivity index (χ4v) is 9.99. The number of carbonyl (C=O) groups is 5. The van der Waals surface area contributed by atoms with Crippen LogP contribution in [0.25, 0.3) is 0 Å². The molecule has 6 rings (SSSR count). The lowest BCUT2D eigenvalue weighted by Crippen LogP contribution is -2.41. The maximum atomic E-state index is 12.0. The van der Waals surface area contributed by atoms with E-state index in [1.165, 1.54) is 98.3 Å². The average molecular weight is 901 g/mol. The van der Waals surface area contributed by atoms with Gasteiger partial charge in [-0.2, -0.15) is 0 Å². The van der Waals surface area contributed by atoms with Gasteiger partial charge in [0.1, 0.15) is 6.10 Å². The lowest BCUT2D eigenvalue weighted by molar-refractivity contribution is -0.146. The Morgan fingerprint density at radius 2 is 1.14 bits per heavy atom. The van der Waals surface area contributed by atoms with Crippen LogP contribution in [0.4, 0.5) is 9.59 Å². The normalized spacial score (nSPS) is 28.1. The number of methoxy groups -OCH3 is 3. The van der Waals surface area contributed by atoms with Gasteiger partial charge in [-0.25, -0.2) is 24.0 Å². The third kappa shape index (κ3) is 13.1. The molecule has 3 aliphatic heterocycles. The van der Waals surface area contributed by atoms with Crippen molar-refractivity contribution in [2.45, 2.75) is 129 Å². The third-order valence-electron chi connectivity index (χ3n) is 13.3. The Labute approximate surface area is 378 Å². The molecule has 10 unspecified atom stereocenters. The van der Waals surface area contributed by atoms with E-state index in [1.807, 2.05) is 13.0 Å². The quantitative estimate of drug-likeness (QED) is 0.0589. The summed E-state index contributed by atoms with van der Waals surface area (Å²) in [6.07, 6.45) is 21.0. The van der Waals surface area contributed by atoms with E-state index in [2.05, 4.69) is 30.6 Å². The van der Waals surface area contributed by atoms with E-state index in [0.717, 1.165) is 56.9 Å². The number of fused-ring (bicyclic) bond motifs is 3. The Morgan fingerprint density at radius 1 is 0.641 bits per heavy atom. The number of esters is 3. The number of alkyl carbamates (subject to hydrolysis) is 2. The first-order chi connectivity index (χ1) is 30.9. The highest BCUT2D eigenvalue weighted by molar-refractivity contribution is 5.90. The monoisotopic (exact) mass is 900 g/mol. The highest BCUT2D eigenvalue weighted by Gasteiger charge is 2.50. The number of hydrogen-bond donors (Lipinski definition) is 3. The molecule has 0 aromatic heterocycles. The molecule has 16 nitrogen and oxygen atoms in total. The SMILES string of the molecule is CCCCCCC1=CCC2C(C(=O)OC)=COC(OC(=O)NC)C12.CCCCCCC1CCC2C(C(=O)OC)=COC(OC(=O)NC)C12.COC(=O)C1=COC(C)C2C(CO)=CCC12. The van der Waals surface area contributed by atoms with Crippen LogP contribution in [0, 0.1) is 41.4 Å². The zero-order valence-corrected chi connectivity index (χ0v) is 39.0. The van der Waals surface area contributed by atoms with Gasteiger partial charge in [0.25, 0.3) is 6.29 Å². The van der Waals surface area contributed by atoms with Crippen LogP contribution in [-0.2, 0) is 52.3 Å². The number of aliphatic hydroxyl groups is 1. The molecule has 6 aliphatic rings. The molecular weight excluding hydrogens is 829 g/mol. The molecule has 358 valence electrons. The summed E-state index contributed by atoms with van der Waals surface area (Å²) in [5.74, 6) is -0.601. The van der Waals surface area contributed by atoms with Crippen molar-refractivity contribution in [3.63, 3.8) is 0 Å². The molecule has 3 heterocycles. The second-order valence-corrected chi connectivity index (χ2v) is 17.0. The van der Waals surface area contributed by atoms with Gasteiger partial charge in [-0.1, -0.05) is 76.5 Å². The molecule has 3 aliphatic carbocycles. The summed E-state index contributed by atoms with van der Waals surface area (Å²) in [5, 5.41) is 14.1. The molecule has 0 aromatic rings. The topological polar surface area (TPSA) is 203 Å². The Hall–Kier alpha value is -4.99. The molecule has 0 saturated heterocycles. The number of unbranched alkanes of at least 4 members (excludes halogenated alkanes) is 6. The molecule has 0 aromatic carbocycles. The van der Waals surface area contributed by atoms with E-state index >= 15 is 0 Å². The largest absolute Gasteiger partial charge is 0.497 e. The molecule has 16 heteroatoms. The summed E-state index contributed by atoms with van der Waals surface area (Å²) >= 11 is 0.